The lowest BCUT2D eigenvalue weighted by Crippen LogP contribution is -2.43. The largest absolute Gasteiger partial charge is 0.491 e. The van der Waals surface area contributed by atoms with Gasteiger partial charge in [0.25, 0.3) is 0 Å². The number of carbonyl (C=O) groups excluding carboxylic acids is 1. The molecule has 8 rings (SSSR count). The number of pyridine rings is 1. The third-order valence-corrected chi connectivity index (χ3v) is 12.6. The number of anilines is 2. The number of ether oxygens (including phenoxy) is 3. The molecule has 4 atom stereocenters. The molecule has 2 aromatic heterocycles. The maximum absolute atomic E-state index is 17.5. The number of hydrogen-bond acceptors (Lipinski definition) is 11. The number of rotatable bonds is 6. The normalized spacial score (nSPS) is 24.0. The molecule has 1 amide bonds. The number of amides is 1. The number of nitrogens with two attached hydrogens (primary N) is 1. The second kappa shape index (κ2) is 13.6. The van der Waals surface area contributed by atoms with Gasteiger partial charge in [-0.15, -0.1) is 11.3 Å². The predicted octanol–water partition coefficient (Wildman–Crippen LogP) is 7.19. The second-order valence-corrected chi connectivity index (χ2v) is 15.5. The summed E-state index contributed by atoms with van der Waals surface area (Å²) >= 11 is 8.01. The highest BCUT2D eigenvalue weighted by Crippen LogP contribution is 2.53. The molecule has 3 unspecified atom stereocenters. The number of hydrogen-bond donors (Lipinski definition) is 2. The number of carbonyl (C=O) groups is 1. The number of alkyl halides is 1. The van der Waals surface area contributed by atoms with Crippen LogP contribution in [-0.4, -0.2) is 79.7 Å². The predicted molar refractivity (Wildman–Crippen MR) is 194 cm³/mol. The molecule has 0 bridgehead atoms. The molecule has 4 aliphatic rings. The van der Waals surface area contributed by atoms with Crippen LogP contribution >= 0.6 is 22.9 Å². The number of nitrogen functional groups attached to an aromatic ring is 1. The minimum Gasteiger partial charge on any atom is -0.491 e. The number of nitriles is 2. The molecule has 5 heterocycles. The molecule has 0 radical (unpaired) electrons. The summed E-state index contributed by atoms with van der Waals surface area (Å²) in [4.78, 5) is 20.9. The number of nitrogens with one attached hydrogen (secondary N) is 1. The first kappa shape index (κ1) is 35.3. The minimum absolute atomic E-state index is 0.0122. The summed E-state index contributed by atoms with van der Waals surface area (Å²) in [7, 11) is 1.30. The number of halogens is 4. The zero-order valence-electron chi connectivity index (χ0n) is 28.7. The number of alkyl carbamates (subject to hydrolysis) is 1. The van der Waals surface area contributed by atoms with E-state index in [1.54, 1.807) is 0 Å². The lowest BCUT2D eigenvalue weighted by atomic mass is 9.94. The number of benzene rings is 2. The number of methoxy groups -OCH3 is 1. The molecular weight excluding hydrogens is 731 g/mol. The maximum atomic E-state index is 17.5. The average molecular weight is 766 g/mol. The van der Waals surface area contributed by atoms with Crippen molar-refractivity contribution in [3.05, 3.63) is 39.9 Å². The van der Waals surface area contributed by atoms with Crippen LogP contribution in [0.25, 0.3) is 32.1 Å². The van der Waals surface area contributed by atoms with Crippen molar-refractivity contribution in [2.45, 2.75) is 68.7 Å². The van der Waals surface area contributed by atoms with E-state index in [0.717, 1.165) is 30.4 Å². The monoisotopic (exact) mass is 765 g/mol. The van der Waals surface area contributed by atoms with Crippen LogP contribution in [0.2, 0.25) is 5.02 Å². The smallest absolute Gasteiger partial charge is 0.407 e. The fourth-order valence-electron chi connectivity index (χ4n) is 8.87. The van der Waals surface area contributed by atoms with Crippen LogP contribution in [0.15, 0.2) is 12.1 Å². The molecule has 1 aliphatic carbocycles. The molecule has 4 aromatic rings. The van der Waals surface area contributed by atoms with Crippen LogP contribution in [0.5, 0.6) is 11.6 Å². The summed E-state index contributed by atoms with van der Waals surface area (Å²) in [6, 6.07) is 6.42. The van der Waals surface area contributed by atoms with Gasteiger partial charge in [-0.25, -0.2) is 22.9 Å². The van der Waals surface area contributed by atoms with Crippen molar-refractivity contribution in [3.63, 3.8) is 0 Å². The topological polar surface area (TPSA) is 150 Å². The first-order valence-corrected chi connectivity index (χ1v) is 18.7. The van der Waals surface area contributed by atoms with Crippen LogP contribution < -0.4 is 25.4 Å². The van der Waals surface area contributed by atoms with Crippen LogP contribution in [0.1, 0.15) is 56.1 Å². The van der Waals surface area contributed by atoms with Gasteiger partial charge in [0.2, 0.25) is 5.88 Å². The lowest BCUT2D eigenvalue weighted by Gasteiger charge is -2.36. The zero-order valence-corrected chi connectivity index (χ0v) is 30.3. The fourth-order valence-corrected chi connectivity index (χ4v) is 10.2. The van der Waals surface area contributed by atoms with E-state index in [9.17, 15) is 19.7 Å². The number of thiophene rings is 1. The van der Waals surface area contributed by atoms with Crippen molar-refractivity contribution < 1.29 is 32.2 Å². The lowest BCUT2D eigenvalue weighted by molar-refractivity contribution is 0.110. The van der Waals surface area contributed by atoms with Gasteiger partial charge in [-0.2, -0.15) is 10.5 Å². The SMILES string of the molecule is COC(=O)NC1CCC(N2CCCOc3c(Cl)c(-c4ccc(F)c5sc(N)c(C#N)c45)c(F)c4nc(OCC56CCCN5C[C@H](F)C6)c(C#N)c2c34)C1. The molecule has 53 heavy (non-hydrogen) atoms. The van der Waals surface area contributed by atoms with Crippen molar-refractivity contribution in [1.29, 1.82) is 10.5 Å². The highest BCUT2D eigenvalue weighted by molar-refractivity contribution is 7.23. The van der Waals surface area contributed by atoms with E-state index in [0.29, 0.717) is 50.9 Å². The van der Waals surface area contributed by atoms with E-state index in [1.165, 1.54) is 13.2 Å². The van der Waals surface area contributed by atoms with Gasteiger partial charge in [-0.1, -0.05) is 17.7 Å². The summed E-state index contributed by atoms with van der Waals surface area (Å²) < 4.78 is 65.0. The fraction of sp³-hybridized carbons (Fsp3) is 0.459. The molecule has 3 aliphatic heterocycles. The number of fused-ring (bicyclic) bond motifs is 2. The molecular formula is C37H35ClF3N7O4S. The quantitative estimate of drug-likeness (QED) is 0.207. The first-order chi connectivity index (χ1) is 25.6. The third-order valence-electron chi connectivity index (χ3n) is 11.2. The van der Waals surface area contributed by atoms with Gasteiger partial charge in [0.05, 0.1) is 45.6 Å². The van der Waals surface area contributed by atoms with Crippen molar-refractivity contribution in [2.24, 2.45) is 0 Å². The van der Waals surface area contributed by atoms with Gasteiger partial charge in [0.1, 0.15) is 52.6 Å². The second-order valence-electron chi connectivity index (χ2n) is 14.1. The Morgan fingerprint density at radius 2 is 2.02 bits per heavy atom. The molecule has 2 aromatic carbocycles. The average Bonchev–Trinajstić information content (AvgIpc) is 3.90. The van der Waals surface area contributed by atoms with E-state index >= 15 is 8.78 Å². The Kier molecular flexibility index (Phi) is 9.08. The van der Waals surface area contributed by atoms with Crippen molar-refractivity contribution in [3.8, 4) is 34.9 Å². The third kappa shape index (κ3) is 5.72. The van der Waals surface area contributed by atoms with Crippen LogP contribution in [0.3, 0.4) is 0 Å². The van der Waals surface area contributed by atoms with Gasteiger partial charge in [-0.05, 0) is 56.7 Å². The Hall–Kier alpha value is -4.70. The van der Waals surface area contributed by atoms with E-state index in [4.69, 9.17) is 31.5 Å². The highest BCUT2D eigenvalue weighted by atomic mass is 35.5. The van der Waals surface area contributed by atoms with Gasteiger partial charge < -0.3 is 30.2 Å². The molecule has 2 saturated heterocycles. The van der Waals surface area contributed by atoms with E-state index < -0.39 is 29.4 Å². The van der Waals surface area contributed by atoms with Crippen molar-refractivity contribution in [1.82, 2.24) is 15.2 Å². The van der Waals surface area contributed by atoms with Crippen molar-refractivity contribution in [2.75, 3.05) is 50.6 Å². The van der Waals surface area contributed by atoms with Gasteiger partial charge in [-0.3, -0.25) is 4.90 Å². The van der Waals surface area contributed by atoms with E-state index in [1.807, 2.05) is 11.0 Å². The zero-order chi connectivity index (χ0) is 37.2. The summed E-state index contributed by atoms with van der Waals surface area (Å²) in [6.45, 7) is 1.66. The van der Waals surface area contributed by atoms with Gasteiger partial charge >= 0.3 is 6.09 Å². The standard InChI is InChI=1S/C37H35ClF3N7O4S/c1-50-36(49)45-19-4-5-20(12-19)48-10-3-11-51-32-27-30(29(41)26(28(32)38)21-6-7-24(40)33-25(21)22(14-42)34(44)53-33)46-35(23(15-43)31(27)48)52-17-37-8-2-9-47(37)16-18(39)13-37/h6-7,18-20H,2-5,8-13,16-17,44H2,1H3,(H,45,49)/t18-,19?,20?,37?/m1/s1. The molecule has 276 valence electrons. The highest BCUT2D eigenvalue weighted by Gasteiger charge is 2.49. The summed E-state index contributed by atoms with van der Waals surface area (Å²) in [5.74, 6) is -1.57. The Morgan fingerprint density at radius 1 is 1.21 bits per heavy atom. The molecule has 16 heteroatoms. The van der Waals surface area contributed by atoms with Crippen LogP contribution in [0.4, 0.5) is 28.7 Å². The Labute approximate surface area is 311 Å². The van der Waals surface area contributed by atoms with Crippen LogP contribution in [-0.2, 0) is 4.74 Å². The number of aromatic nitrogens is 1. The summed E-state index contributed by atoms with van der Waals surface area (Å²) in [5.41, 5.74) is 5.66. The Bertz CT molecular complexity index is 2260. The Morgan fingerprint density at radius 3 is 2.79 bits per heavy atom. The minimum atomic E-state index is -1.02. The molecule has 3 fully saturated rings. The van der Waals surface area contributed by atoms with Gasteiger partial charge in [0.15, 0.2) is 5.82 Å². The molecule has 11 nitrogen and oxygen atoms in total. The first-order valence-electron chi connectivity index (χ1n) is 17.5. The van der Waals surface area contributed by atoms with E-state index in [-0.39, 0.29) is 96.6 Å². The van der Waals surface area contributed by atoms with Crippen LogP contribution in [0, 0.1) is 34.3 Å². The van der Waals surface area contributed by atoms with Crippen molar-refractivity contribution >= 4 is 60.7 Å². The van der Waals surface area contributed by atoms with Gasteiger partial charge in [0, 0.05) is 42.5 Å². The summed E-state index contributed by atoms with van der Waals surface area (Å²) in [6.07, 6.45) is 2.58. The van der Waals surface area contributed by atoms with E-state index in [2.05, 4.69) is 21.3 Å². The molecule has 1 saturated carbocycles. The molecule has 3 N–H and O–H groups in total. The number of nitrogens with zero attached hydrogens (tertiary/aromatic N) is 5. The Balaban J connectivity index is 1.36. The summed E-state index contributed by atoms with van der Waals surface area (Å²) in [5, 5.41) is 23.9. The molecule has 0 spiro atoms. The maximum Gasteiger partial charge on any atom is 0.407 e.